The van der Waals surface area contributed by atoms with E-state index in [2.05, 4.69) is 41.7 Å². The van der Waals surface area contributed by atoms with Crippen LogP contribution < -0.4 is 0 Å². The molecule has 0 spiro atoms. The molecule has 0 saturated heterocycles. The number of hydrogen-bond donors (Lipinski definition) is 1. The molecule has 4 heteroatoms. The highest BCUT2D eigenvalue weighted by Gasteiger charge is 2.70. The van der Waals surface area contributed by atoms with Crippen molar-refractivity contribution in [3.05, 3.63) is 15.0 Å². The molecular formula is C13H18BrNOS. The van der Waals surface area contributed by atoms with E-state index >= 15 is 0 Å². The maximum Gasteiger partial charge on any atom is 0.123 e. The fourth-order valence-electron chi connectivity index (χ4n) is 4.29. The van der Waals surface area contributed by atoms with Crippen LogP contribution in [0, 0.1) is 16.7 Å². The second-order valence-electron chi connectivity index (χ2n) is 6.40. The molecule has 1 heterocycles. The molecule has 2 nitrogen and oxygen atoms in total. The minimum Gasteiger partial charge on any atom is -0.383 e. The molecule has 0 radical (unpaired) electrons. The van der Waals surface area contributed by atoms with Gasteiger partial charge in [0.25, 0.3) is 0 Å². The van der Waals surface area contributed by atoms with Gasteiger partial charge in [0.05, 0.1) is 10.4 Å². The predicted molar refractivity (Wildman–Crippen MR) is 72.9 cm³/mol. The SMILES string of the molecule is CC12CCC(C1)C(C)(C)C2(O)c1scnc1Br. The molecule has 17 heavy (non-hydrogen) atoms. The van der Waals surface area contributed by atoms with Gasteiger partial charge in [-0.15, -0.1) is 11.3 Å². The maximum absolute atomic E-state index is 11.4. The Kier molecular flexibility index (Phi) is 2.38. The lowest BCUT2D eigenvalue weighted by Gasteiger charge is -2.50. The molecule has 2 fully saturated rings. The van der Waals surface area contributed by atoms with Crippen LogP contribution in [0.15, 0.2) is 10.1 Å². The summed E-state index contributed by atoms with van der Waals surface area (Å²) >= 11 is 5.08. The zero-order valence-corrected chi connectivity index (χ0v) is 12.9. The Labute approximate surface area is 115 Å². The Balaban J connectivity index is 2.21. The third-order valence-electron chi connectivity index (χ3n) is 5.42. The number of fused-ring (bicyclic) bond motifs is 2. The number of nitrogens with zero attached hydrogens (tertiary/aromatic N) is 1. The molecule has 1 aromatic heterocycles. The van der Waals surface area contributed by atoms with Gasteiger partial charge in [0.15, 0.2) is 0 Å². The van der Waals surface area contributed by atoms with Crippen molar-refractivity contribution < 1.29 is 5.11 Å². The van der Waals surface area contributed by atoms with Gasteiger partial charge >= 0.3 is 0 Å². The first-order valence-electron chi connectivity index (χ1n) is 6.15. The molecule has 2 aliphatic carbocycles. The molecule has 1 N–H and O–H groups in total. The molecule has 1 aromatic rings. The zero-order chi connectivity index (χ0) is 12.5. The van der Waals surface area contributed by atoms with Crippen LogP contribution in [-0.2, 0) is 5.60 Å². The van der Waals surface area contributed by atoms with E-state index in [-0.39, 0.29) is 10.8 Å². The van der Waals surface area contributed by atoms with E-state index in [0.717, 1.165) is 22.3 Å². The molecule has 2 bridgehead atoms. The molecular weight excluding hydrogens is 298 g/mol. The summed E-state index contributed by atoms with van der Waals surface area (Å²) in [5.74, 6) is 0.631. The minimum absolute atomic E-state index is 0.0101. The molecule has 3 atom stereocenters. The van der Waals surface area contributed by atoms with Gasteiger partial charge in [-0.05, 0) is 41.1 Å². The van der Waals surface area contributed by atoms with Gasteiger partial charge in [0.1, 0.15) is 10.2 Å². The minimum atomic E-state index is -0.733. The third-order valence-corrected chi connectivity index (χ3v) is 7.22. The number of rotatable bonds is 1. The van der Waals surface area contributed by atoms with Crippen LogP contribution >= 0.6 is 27.3 Å². The Morgan fingerprint density at radius 3 is 2.65 bits per heavy atom. The Hall–Kier alpha value is 0.0700. The first-order chi connectivity index (χ1) is 7.83. The number of halogens is 1. The lowest BCUT2D eigenvalue weighted by molar-refractivity contribution is -0.148. The van der Waals surface area contributed by atoms with Gasteiger partial charge < -0.3 is 5.11 Å². The predicted octanol–water partition coefficient (Wildman–Crippen LogP) is 3.94. The molecule has 2 aliphatic rings. The Bertz CT molecular complexity index is 465. The Morgan fingerprint density at radius 2 is 2.18 bits per heavy atom. The first kappa shape index (κ1) is 12.1. The van der Waals surface area contributed by atoms with Crippen LogP contribution in [0.2, 0.25) is 0 Å². The number of aliphatic hydroxyl groups is 1. The van der Waals surface area contributed by atoms with Crippen molar-refractivity contribution >= 4 is 27.3 Å². The van der Waals surface area contributed by atoms with Crippen LogP contribution in [0.3, 0.4) is 0 Å². The van der Waals surface area contributed by atoms with Gasteiger partial charge in [-0.1, -0.05) is 20.8 Å². The lowest BCUT2D eigenvalue weighted by Crippen LogP contribution is -2.51. The zero-order valence-electron chi connectivity index (χ0n) is 10.5. The second kappa shape index (κ2) is 3.34. The summed E-state index contributed by atoms with van der Waals surface area (Å²) in [5.41, 5.74) is 1.04. The van der Waals surface area contributed by atoms with Crippen molar-refractivity contribution in [3.63, 3.8) is 0 Å². The average Bonchev–Trinajstić information content (AvgIpc) is 2.86. The van der Waals surface area contributed by atoms with E-state index in [0.29, 0.717) is 5.92 Å². The molecule has 0 amide bonds. The van der Waals surface area contributed by atoms with Gasteiger partial charge in [0, 0.05) is 10.8 Å². The summed E-state index contributed by atoms with van der Waals surface area (Å²) in [6.07, 6.45) is 3.52. The standard InChI is InChI=1S/C13H18BrNOS/c1-11(2)8-4-5-12(3,6-8)13(11,16)9-10(14)15-7-17-9/h7-8,16H,4-6H2,1-3H3. The highest BCUT2D eigenvalue weighted by atomic mass is 79.9. The van der Waals surface area contributed by atoms with Crippen LogP contribution in [0.4, 0.5) is 0 Å². The van der Waals surface area contributed by atoms with Gasteiger partial charge in [-0.2, -0.15) is 0 Å². The topological polar surface area (TPSA) is 33.1 Å². The highest BCUT2D eigenvalue weighted by molar-refractivity contribution is 9.10. The Morgan fingerprint density at radius 1 is 1.47 bits per heavy atom. The fraction of sp³-hybridized carbons (Fsp3) is 0.769. The van der Waals surface area contributed by atoms with Crippen LogP contribution in [0.1, 0.15) is 44.9 Å². The fourth-order valence-corrected chi connectivity index (χ4v) is 6.19. The van der Waals surface area contributed by atoms with Crippen LogP contribution in [-0.4, -0.2) is 10.1 Å². The molecule has 2 saturated carbocycles. The molecule has 0 aromatic carbocycles. The van der Waals surface area contributed by atoms with Crippen molar-refractivity contribution in [3.8, 4) is 0 Å². The van der Waals surface area contributed by atoms with E-state index in [1.807, 2.05) is 5.51 Å². The second-order valence-corrected chi connectivity index (χ2v) is 8.01. The molecule has 3 unspecified atom stereocenters. The van der Waals surface area contributed by atoms with E-state index in [1.165, 1.54) is 6.42 Å². The lowest BCUT2D eigenvalue weighted by atomic mass is 9.60. The van der Waals surface area contributed by atoms with Gasteiger partial charge in [0.2, 0.25) is 0 Å². The van der Waals surface area contributed by atoms with Crippen molar-refractivity contribution in [2.24, 2.45) is 16.7 Å². The number of aromatic nitrogens is 1. The monoisotopic (exact) mass is 315 g/mol. The first-order valence-corrected chi connectivity index (χ1v) is 7.82. The van der Waals surface area contributed by atoms with Crippen molar-refractivity contribution in [2.75, 3.05) is 0 Å². The summed E-state index contributed by atoms with van der Waals surface area (Å²) in [5, 5.41) is 11.4. The van der Waals surface area contributed by atoms with Gasteiger partial charge in [-0.25, -0.2) is 4.98 Å². The normalized spacial score (nSPS) is 43.2. The largest absolute Gasteiger partial charge is 0.383 e. The highest BCUT2D eigenvalue weighted by Crippen LogP contribution is 2.72. The summed E-state index contributed by atoms with van der Waals surface area (Å²) in [6, 6.07) is 0. The molecule has 0 aliphatic heterocycles. The molecule has 3 rings (SSSR count). The number of hydrogen-bond acceptors (Lipinski definition) is 3. The summed E-state index contributed by atoms with van der Waals surface area (Å²) in [7, 11) is 0. The maximum atomic E-state index is 11.4. The average molecular weight is 316 g/mol. The van der Waals surface area contributed by atoms with E-state index in [4.69, 9.17) is 0 Å². The van der Waals surface area contributed by atoms with Crippen LogP contribution in [0.25, 0.3) is 0 Å². The summed E-state index contributed by atoms with van der Waals surface area (Å²) in [6.45, 7) is 6.68. The summed E-state index contributed by atoms with van der Waals surface area (Å²) < 4.78 is 0.826. The van der Waals surface area contributed by atoms with Crippen molar-refractivity contribution in [2.45, 2.75) is 45.6 Å². The van der Waals surface area contributed by atoms with E-state index in [9.17, 15) is 5.11 Å². The van der Waals surface area contributed by atoms with Crippen LogP contribution in [0.5, 0.6) is 0 Å². The quantitative estimate of drug-likeness (QED) is 0.851. The van der Waals surface area contributed by atoms with Gasteiger partial charge in [-0.3, -0.25) is 0 Å². The van der Waals surface area contributed by atoms with E-state index in [1.54, 1.807) is 11.3 Å². The number of thiazole rings is 1. The van der Waals surface area contributed by atoms with E-state index < -0.39 is 5.60 Å². The molecule has 94 valence electrons. The summed E-state index contributed by atoms with van der Waals surface area (Å²) in [4.78, 5) is 5.28. The van der Waals surface area contributed by atoms with Crippen molar-refractivity contribution in [1.82, 2.24) is 4.98 Å². The third kappa shape index (κ3) is 1.22. The smallest absolute Gasteiger partial charge is 0.123 e. The van der Waals surface area contributed by atoms with Crippen molar-refractivity contribution in [1.29, 1.82) is 0 Å².